The number of ether oxygens (including phenoxy) is 1. The highest BCUT2D eigenvalue weighted by molar-refractivity contribution is 8.01. The SMILES string of the molecule is O=C(C[C@@H]1Sc2ccccc2NC1=O)NCc1ccccc1CN1CCOCC1. The van der Waals surface area contributed by atoms with Gasteiger partial charge in [0, 0.05) is 37.5 Å². The van der Waals surface area contributed by atoms with E-state index in [1.165, 1.54) is 17.3 Å². The second-order valence-corrected chi connectivity index (χ2v) is 8.47. The summed E-state index contributed by atoms with van der Waals surface area (Å²) in [6.45, 7) is 4.71. The van der Waals surface area contributed by atoms with E-state index in [9.17, 15) is 9.59 Å². The maximum Gasteiger partial charge on any atom is 0.238 e. The third-order valence-electron chi connectivity index (χ3n) is 5.17. The average molecular weight is 412 g/mol. The van der Waals surface area contributed by atoms with Crippen LogP contribution < -0.4 is 10.6 Å². The molecule has 2 aromatic rings. The Hall–Kier alpha value is -2.35. The maximum atomic E-state index is 12.5. The molecule has 2 aliphatic heterocycles. The zero-order valence-corrected chi connectivity index (χ0v) is 17.0. The van der Waals surface area contributed by atoms with Gasteiger partial charge in [-0.05, 0) is 23.3 Å². The van der Waals surface area contributed by atoms with Crippen LogP contribution in [0.25, 0.3) is 0 Å². The molecule has 2 aromatic carbocycles. The van der Waals surface area contributed by atoms with Crippen molar-refractivity contribution in [1.82, 2.24) is 10.2 Å². The molecule has 1 atom stereocenters. The molecule has 29 heavy (non-hydrogen) atoms. The molecule has 0 radical (unpaired) electrons. The van der Waals surface area contributed by atoms with E-state index >= 15 is 0 Å². The second kappa shape index (κ2) is 9.43. The Labute approximate surface area is 175 Å². The van der Waals surface area contributed by atoms with Crippen molar-refractivity contribution >= 4 is 29.3 Å². The highest BCUT2D eigenvalue weighted by atomic mass is 32.2. The van der Waals surface area contributed by atoms with Crippen molar-refractivity contribution in [3.8, 4) is 0 Å². The van der Waals surface area contributed by atoms with Gasteiger partial charge in [0.25, 0.3) is 0 Å². The number of thioether (sulfide) groups is 1. The monoisotopic (exact) mass is 411 g/mol. The first-order chi connectivity index (χ1) is 14.2. The van der Waals surface area contributed by atoms with Gasteiger partial charge in [-0.15, -0.1) is 11.8 Å². The topological polar surface area (TPSA) is 70.7 Å². The number of morpholine rings is 1. The Kier molecular flexibility index (Phi) is 6.49. The van der Waals surface area contributed by atoms with Crippen molar-refractivity contribution < 1.29 is 14.3 Å². The minimum atomic E-state index is -0.409. The number of anilines is 1. The summed E-state index contributed by atoms with van der Waals surface area (Å²) in [6.07, 6.45) is 0.163. The molecule has 0 bridgehead atoms. The van der Waals surface area contributed by atoms with Gasteiger partial charge in [0.2, 0.25) is 11.8 Å². The van der Waals surface area contributed by atoms with Gasteiger partial charge in [-0.25, -0.2) is 0 Å². The molecule has 1 fully saturated rings. The molecule has 0 aromatic heterocycles. The first-order valence-electron chi connectivity index (χ1n) is 9.89. The molecule has 2 aliphatic rings. The van der Waals surface area contributed by atoms with Crippen LogP contribution in [-0.2, 0) is 27.4 Å². The molecule has 152 valence electrons. The third kappa shape index (κ3) is 5.18. The maximum absolute atomic E-state index is 12.5. The summed E-state index contributed by atoms with van der Waals surface area (Å²) in [5.41, 5.74) is 3.14. The minimum absolute atomic E-state index is 0.113. The lowest BCUT2D eigenvalue weighted by Gasteiger charge is -2.27. The number of nitrogens with one attached hydrogen (secondary N) is 2. The van der Waals surface area contributed by atoms with Gasteiger partial charge in [-0.3, -0.25) is 14.5 Å². The first-order valence-corrected chi connectivity index (χ1v) is 10.8. The highest BCUT2D eigenvalue weighted by Crippen LogP contribution is 2.36. The predicted octanol–water partition coefficient (Wildman–Crippen LogP) is 2.64. The summed E-state index contributed by atoms with van der Waals surface area (Å²) in [6, 6.07) is 15.8. The molecular formula is C22H25N3O3S. The van der Waals surface area contributed by atoms with Gasteiger partial charge < -0.3 is 15.4 Å². The second-order valence-electron chi connectivity index (χ2n) is 7.23. The van der Waals surface area contributed by atoms with Crippen molar-refractivity contribution in [1.29, 1.82) is 0 Å². The Bertz CT molecular complexity index is 883. The van der Waals surface area contributed by atoms with E-state index in [1.54, 1.807) is 0 Å². The number of benzene rings is 2. The van der Waals surface area contributed by atoms with Crippen LogP contribution in [-0.4, -0.2) is 48.3 Å². The predicted molar refractivity (Wildman–Crippen MR) is 114 cm³/mol. The molecule has 6 nitrogen and oxygen atoms in total. The van der Waals surface area contributed by atoms with Crippen molar-refractivity contribution in [3.05, 3.63) is 59.7 Å². The number of para-hydroxylation sites is 1. The fourth-order valence-corrected chi connectivity index (χ4v) is 4.66. The number of hydrogen-bond donors (Lipinski definition) is 2. The summed E-state index contributed by atoms with van der Waals surface area (Å²) in [7, 11) is 0. The standard InChI is InChI=1S/C22H25N3O3S/c26-21(13-20-22(27)24-18-7-3-4-8-19(18)29-20)23-14-16-5-1-2-6-17(16)15-25-9-11-28-12-10-25/h1-8,20H,9-15H2,(H,23,26)(H,24,27)/t20-/m0/s1. The molecule has 0 saturated carbocycles. The summed E-state index contributed by atoms with van der Waals surface area (Å²) in [4.78, 5) is 28.2. The number of rotatable bonds is 6. The van der Waals surface area contributed by atoms with Gasteiger partial charge in [0.15, 0.2) is 0 Å². The Morgan fingerprint density at radius 1 is 1.10 bits per heavy atom. The van der Waals surface area contributed by atoms with E-state index in [0.717, 1.165) is 49.0 Å². The van der Waals surface area contributed by atoms with E-state index in [1.807, 2.05) is 42.5 Å². The highest BCUT2D eigenvalue weighted by Gasteiger charge is 2.28. The van der Waals surface area contributed by atoms with Crippen LogP contribution in [0.4, 0.5) is 5.69 Å². The van der Waals surface area contributed by atoms with Crippen LogP contribution >= 0.6 is 11.8 Å². The Balaban J connectivity index is 1.32. The summed E-state index contributed by atoms with van der Waals surface area (Å²) < 4.78 is 5.42. The molecule has 2 N–H and O–H groups in total. The molecule has 0 unspecified atom stereocenters. The fourth-order valence-electron chi connectivity index (χ4n) is 3.55. The lowest BCUT2D eigenvalue weighted by Crippen LogP contribution is -2.36. The van der Waals surface area contributed by atoms with Crippen LogP contribution in [0.2, 0.25) is 0 Å². The number of amides is 2. The molecule has 4 rings (SSSR count). The number of carbonyl (C=O) groups is 2. The van der Waals surface area contributed by atoms with Gasteiger partial charge in [0.1, 0.15) is 0 Å². The lowest BCUT2D eigenvalue weighted by atomic mass is 10.1. The van der Waals surface area contributed by atoms with Crippen molar-refractivity contribution in [2.75, 3.05) is 31.6 Å². The zero-order valence-electron chi connectivity index (χ0n) is 16.2. The van der Waals surface area contributed by atoms with E-state index in [4.69, 9.17) is 4.74 Å². The van der Waals surface area contributed by atoms with Gasteiger partial charge in [-0.1, -0.05) is 36.4 Å². The lowest BCUT2D eigenvalue weighted by molar-refractivity contribution is -0.124. The average Bonchev–Trinajstić information content (AvgIpc) is 2.74. The summed E-state index contributed by atoms with van der Waals surface area (Å²) in [5.74, 6) is -0.227. The van der Waals surface area contributed by atoms with E-state index in [-0.39, 0.29) is 18.2 Å². The number of nitrogens with zero attached hydrogens (tertiary/aromatic N) is 1. The van der Waals surface area contributed by atoms with Gasteiger partial charge in [-0.2, -0.15) is 0 Å². The Morgan fingerprint density at radius 2 is 1.83 bits per heavy atom. The van der Waals surface area contributed by atoms with E-state index in [0.29, 0.717) is 6.54 Å². The largest absolute Gasteiger partial charge is 0.379 e. The molecule has 2 amide bonds. The minimum Gasteiger partial charge on any atom is -0.379 e. The number of hydrogen-bond acceptors (Lipinski definition) is 5. The van der Waals surface area contributed by atoms with E-state index in [2.05, 4.69) is 21.6 Å². The molecule has 0 aliphatic carbocycles. The number of carbonyl (C=O) groups excluding carboxylic acids is 2. The Morgan fingerprint density at radius 3 is 2.66 bits per heavy atom. The van der Waals surface area contributed by atoms with Crippen LogP contribution in [0, 0.1) is 0 Å². The van der Waals surface area contributed by atoms with Crippen molar-refractivity contribution in [2.45, 2.75) is 29.7 Å². The van der Waals surface area contributed by atoms with Crippen LogP contribution in [0.3, 0.4) is 0 Å². The first kappa shape index (κ1) is 19.9. The van der Waals surface area contributed by atoms with Gasteiger partial charge >= 0.3 is 0 Å². The fraction of sp³-hybridized carbons (Fsp3) is 0.364. The van der Waals surface area contributed by atoms with Crippen LogP contribution in [0.5, 0.6) is 0 Å². The molecule has 0 spiro atoms. The number of fused-ring (bicyclic) bond motifs is 1. The molecule has 1 saturated heterocycles. The smallest absolute Gasteiger partial charge is 0.238 e. The molecule has 7 heteroatoms. The summed E-state index contributed by atoms with van der Waals surface area (Å²) >= 11 is 1.45. The van der Waals surface area contributed by atoms with Crippen LogP contribution in [0.1, 0.15) is 17.5 Å². The van der Waals surface area contributed by atoms with Crippen LogP contribution in [0.15, 0.2) is 53.4 Å². The third-order valence-corrected chi connectivity index (χ3v) is 6.44. The van der Waals surface area contributed by atoms with Crippen molar-refractivity contribution in [3.63, 3.8) is 0 Å². The quantitative estimate of drug-likeness (QED) is 0.765. The van der Waals surface area contributed by atoms with Gasteiger partial charge in [0.05, 0.1) is 24.2 Å². The van der Waals surface area contributed by atoms with E-state index < -0.39 is 5.25 Å². The zero-order chi connectivity index (χ0) is 20.1. The summed E-state index contributed by atoms with van der Waals surface area (Å²) in [5, 5.41) is 5.47. The normalized spacial score (nSPS) is 19.3. The molecule has 2 heterocycles. The molecular weight excluding hydrogens is 386 g/mol. The van der Waals surface area contributed by atoms with Crippen molar-refractivity contribution in [2.24, 2.45) is 0 Å².